The van der Waals surface area contributed by atoms with E-state index in [4.69, 9.17) is 5.10 Å². The van der Waals surface area contributed by atoms with E-state index in [2.05, 4.69) is 10.00 Å². The minimum atomic E-state index is -0.952. The fourth-order valence-corrected chi connectivity index (χ4v) is 5.25. The quantitative estimate of drug-likeness (QED) is 0.587. The third-order valence-corrected chi connectivity index (χ3v) is 6.81. The summed E-state index contributed by atoms with van der Waals surface area (Å²) < 4.78 is 2.13. The van der Waals surface area contributed by atoms with E-state index in [1.165, 1.54) is 30.6 Å². The number of aromatic carboxylic acids is 1. The first-order chi connectivity index (χ1) is 14.0. The predicted molar refractivity (Wildman–Crippen MR) is 115 cm³/mol. The van der Waals surface area contributed by atoms with Gasteiger partial charge in [0.25, 0.3) is 5.91 Å². The lowest BCUT2D eigenvalue weighted by Gasteiger charge is -2.22. The Hall–Kier alpha value is -2.67. The number of nitrogens with zero attached hydrogens (tertiary/aromatic N) is 2. The minimum absolute atomic E-state index is 0.175. The van der Waals surface area contributed by atoms with Gasteiger partial charge in [-0.15, -0.1) is 11.3 Å². The van der Waals surface area contributed by atoms with Crippen molar-refractivity contribution in [1.29, 1.82) is 0 Å². The molecular formula is C22H25N3O3S. The molecule has 1 aliphatic rings. The van der Waals surface area contributed by atoms with Crippen LogP contribution in [0.4, 0.5) is 5.69 Å². The molecule has 1 fully saturated rings. The van der Waals surface area contributed by atoms with Crippen molar-refractivity contribution in [3.05, 3.63) is 46.0 Å². The average molecular weight is 412 g/mol. The van der Waals surface area contributed by atoms with Crippen molar-refractivity contribution in [2.24, 2.45) is 0 Å². The zero-order chi connectivity index (χ0) is 20.5. The summed E-state index contributed by atoms with van der Waals surface area (Å²) in [5, 5.41) is 18.0. The molecule has 152 valence electrons. The highest BCUT2D eigenvalue weighted by atomic mass is 32.1. The van der Waals surface area contributed by atoms with Crippen LogP contribution in [0.3, 0.4) is 0 Å². The molecule has 2 N–H and O–H groups in total. The summed E-state index contributed by atoms with van der Waals surface area (Å²) in [5.74, 6) is -1.13. The van der Waals surface area contributed by atoms with Crippen LogP contribution in [0.25, 0.3) is 10.2 Å². The maximum Gasteiger partial charge on any atom is 0.335 e. The molecule has 7 heteroatoms. The monoisotopic (exact) mass is 411 g/mol. The van der Waals surface area contributed by atoms with Gasteiger partial charge >= 0.3 is 5.97 Å². The molecule has 0 spiro atoms. The molecule has 2 aromatic heterocycles. The summed E-state index contributed by atoms with van der Waals surface area (Å²) >= 11 is 1.48. The number of carboxylic acid groups (broad SMARTS) is 1. The van der Waals surface area contributed by atoms with E-state index < -0.39 is 5.97 Å². The van der Waals surface area contributed by atoms with Crippen molar-refractivity contribution in [1.82, 2.24) is 9.78 Å². The summed E-state index contributed by atoms with van der Waals surface area (Å²) in [6.07, 6.45) is 6.63. The van der Waals surface area contributed by atoms with Crippen LogP contribution in [-0.4, -0.2) is 26.8 Å². The number of aromatic nitrogens is 2. The van der Waals surface area contributed by atoms with E-state index in [-0.39, 0.29) is 11.5 Å². The number of anilines is 1. The van der Waals surface area contributed by atoms with Gasteiger partial charge in [0.1, 0.15) is 4.83 Å². The highest BCUT2D eigenvalue weighted by Crippen LogP contribution is 2.35. The maximum atomic E-state index is 12.9. The number of rotatable bonds is 5. The first kappa shape index (κ1) is 19.6. The van der Waals surface area contributed by atoms with E-state index in [0.717, 1.165) is 28.8 Å². The SMILES string of the molecule is CCc1cc(NC(=O)c2cc3c(C)nn(C4CCCCC4)c3s2)ccc1C(=O)O. The molecule has 3 aromatic rings. The maximum absolute atomic E-state index is 12.9. The molecule has 1 aromatic carbocycles. The van der Waals surface area contributed by atoms with Crippen LogP contribution in [0.1, 0.15) is 76.4 Å². The van der Waals surface area contributed by atoms with Gasteiger partial charge in [0.2, 0.25) is 0 Å². The van der Waals surface area contributed by atoms with Crippen molar-refractivity contribution in [3.63, 3.8) is 0 Å². The van der Waals surface area contributed by atoms with Crippen LogP contribution in [0, 0.1) is 6.92 Å². The number of aryl methyl sites for hydroxylation is 2. The Morgan fingerprint density at radius 2 is 2.00 bits per heavy atom. The number of carbonyl (C=O) groups excluding carboxylic acids is 1. The number of benzene rings is 1. The topological polar surface area (TPSA) is 84.2 Å². The molecule has 0 radical (unpaired) electrons. The molecule has 1 amide bonds. The molecule has 0 unspecified atom stereocenters. The fourth-order valence-electron chi connectivity index (χ4n) is 4.12. The Bertz CT molecular complexity index is 1080. The van der Waals surface area contributed by atoms with Gasteiger partial charge in [0.05, 0.1) is 22.2 Å². The molecule has 0 aliphatic heterocycles. The molecule has 4 rings (SSSR count). The number of fused-ring (bicyclic) bond motifs is 1. The van der Waals surface area contributed by atoms with E-state index in [1.54, 1.807) is 18.2 Å². The Morgan fingerprint density at radius 3 is 2.69 bits per heavy atom. The number of carboxylic acids is 1. The Balaban J connectivity index is 1.60. The highest BCUT2D eigenvalue weighted by Gasteiger charge is 2.22. The standard InChI is InChI=1S/C22H25N3O3S/c1-3-14-11-15(9-10-17(14)22(27)28)23-20(26)19-12-18-13(2)24-25(21(18)29-19)16-7-5-4-6-8-16/h9-12,16H,3-8H2,1-2H3,(H,23,26)(H,27,28). The first-order valence-electron chi connectivity index (χ1n) is 10.1. The van der Waals surface area contributed by atoms with Gasteiger partial charge in [0, 0.05) is 11.1 Å². The van der Waals surface area contributed by atoms with E-state index in [1.807, 2.05) is 19.9 Å². The van der Waals surface area contributed by atoms with Gasteiger partial charge < -0.3 is 10.4 Å². The lowest BCUT2D eigenvalue weighted by Crippen LogP contribution is -2.14. The van der Waals surface area contributed by atoms with E-state index in [0.29, 0.717) is 28.6 Å². The predicted octanol–water partition coefficient (Wildman–Crippen LogP) is 5.42. The lowest BCUT2D eigenvalue weighted by atomic mass is 9.96. The van der Waals surface area contributed by atoms with Crippen molar-refractivity contribution >= 4 is 39.1 Å². The number of thiophene rings is 1. The third-order valence-electron chi connectivity index (χ3n) is 5.69. The highest BCUT2D eigenvalue weighted by molar-refractivity contribution is 7.20. The second-order valence-electron chi connectivity index (χ2n) is 7.64. The van der Waals surface area contributed by atoms with Gasteiger partial charge in [-0.25, -0.2) is 4.79 Å². The van der Waals surface area contributed by atoms with Gasteiger partial charge in [0.15, 0.2) is 0 Å². The molecule has 2 heterocycles. The third kappa shape index (κ3) is 3.79. The summed E-state index contributed by atoms with van der Waals surface area (Å²) in [7, 11) is 0. The van der Waals surface area contributed by atoms with Crippen molar-refractivity contribution in [3.8, 4) is 0 Å². The zero-order valence-corrected chi connectivity index (χ0v) is 17.5. The number of hydrogen-bond donors (Lipinski definition) is 2. The molecule has 29 heavy (non-hydrogen) atoms. The van der Waals surface area contributed by atoms with Crippen LogP contribution in [-0.2, 0) is 6.42 Å². The first-order valence-corrected chi connectivity index (χ1v) is 11.0. The molecule has 6 nitrogen and oxygen atoms in total. The number of nitrogens with one attached hydrogen (secondary N) is 1. The van der Waals surface area contributed by atoms with Gasteiger partial charge in [-0.05, 0) is 56.0 Å². The second-order valence-corrected chi connectivity index (χ2v) is 8.67. The molecule has 0 bridgehead atoms. The fraction of sp³-hybridized carbons (Fsp3) is 0.409. The van der Waals surface area contributed by atoms with E-state index >= 15 is 0 Å². The Labute approximate surface area is 173 Å². The van der Waals surface area contributed by atoms with Crippen LogP contribution in [0.15, 0.2) is 24.3 Å². The van der Waals surface area contributed by atoms with Crippen LogP contribution < -0.4 is 5.32 Å². The summed E-state index contributed by atoms with van der Waals surface area (Å²) in [5.41, 5.74) is 2.55. The zero-order valence-electron chi connectivity index (χ0n) is 16.7. The number of carbonyl (C=O) groups is 2. The van der Waals surface area contributed by atoms with Crippen LogP contribution >= 0.6 is 11.3 Å². The van der Waals surface area contributed by atoms with Gasteiger partial charge in [-0.1, -0.05) is 26.2 Å². The second kappa shape index (κ2) is 7.99. The smallest absolute Gasteiger partial charge is 0.335 e. The molecular weight excluding hydrogens is 386 g/mol. The van der Waals surface area contributed by atoms with E-state index in [9.17, 15) is 14.7 Å². The molecule has 1 aliphatic carbocycles. The minimum Gasteiger partial charge on any atom is -0.478 e. The van der Waals surface area contributed by atoms with Crippen LogP contribution in [0.5, 0.6) is 0 Å². The van der Waals surface area contributed by atoms with Gasteiger partial charge in [-0.2, -0.15) is 5.10 Å². The summed E-state index contributed by atoms with van der Waals surface area (Å²) in [6.45, 7) is 3.90. The number of hydrogen-bond acceptors (Lipinski definition) is 4. The Morgan fingerprint density at radius 1 is 1.24 bits per heavy atom. The summed E-state index contributed by atoms with van der Waals surface area (Å²) in [4.78, 5) is 25.9. The molecule has 1 saturated carbocycles. The average Bonchev–Trinajstić information content (AvgIpc) is 3.29. The van der Waals surface area contributed by atoms with Crippen molar-refractivity contribution < 1.29 is 14.7 Å². The molecule has 0 saturated heterocycles. The van der Waals surface area contributed by atoms with Crippen LogP contribution in [0.2, 0.25) is 0 Å². The normalized spacial score (nSPS) is 15.0. The van der Waals surface area contributed by atoms with Gasteiger partial charge in [-0.3, -0.25) is 9.48 Å². The van der Waals surface area contributed by atoms with Crippen molar-refractivity contribution in [2.45, 2.75) is 58.4 Å². The largest absolute Gasteiger partial charge is 0.478 e. The van der Waals surface area contributed by atoms with Crippen molar-refractivity contribution in [2.75, 3.05) is 5.32 Å². The lowest BCUT2D eigenvalue weighted by molar-refractivity contribution is 0.0695. The Kier molecular flexibility index (Phi) is 5.41. The summed E-state index contributed by atoms with van der Waals surface area (Å²) in [6, 6.07) is 7.27. The molecule has 0 atom stereocenters. The number of amides is 1.